The average molecular weight is 249 g/mol. The highest BCUT2D eigenvalue weighted by atomic mass is 15.3. The molecule has 0 aromatic carbocycles. The van der Waals surface area contributed by atoms with E-state index in [0.717, 1.165) is 13.0 Å². The first-order chi connectivity index (χ1) is 8.81. The van der Waals surface area contributed by atoms with Crippen molar-refractivity contribution in [3.63, 3.8) is 0 Å². The molecule has 1 aliphatic rings. The van der Waals surface area contributed by atoms with Gasteiger partial charge in [0.25, 0.3) is 0 Å². The Morgan fingerprint density at radius 2 is 1.94 bits per heavy atom. The van der Waals surface area contributed by atoms with Crippen LogP contribution in [-0.4, -0.2) is 9.78 Å². The Kier molecular flexibility index (Phi) is 5.24. The lowest BCUT2D eigenvalue weighted by Gasteiger charge is -2.25. The van der Waals surface area contributed by atoms with Gasteiger partial charge in [-0.1, -0.05) is 39.0 Å². The van der Waals surface area contributed by atoms with Gasteiger partial charge in [0.15, 0.2) is 0 Å². The summed E-state index contributed by atoms with van der Waals surface area (Å²) in [5.41, 5.74) is 7.68. The van der Waals surface area contributed by atoms with Gasteiger partial charge in [0.2, 0.25) is 0 Å². The summed E-state index contributed by atoms with van der Waals surface area (Å²) in [5, 5.41) is 4.40. The summed E-state index contributed by atoms with van der Waals surface area (Å²) in [6.07, 6.45) is 14.7. The lowest BCUT2D eigenvalue weighted by Crippen LogP contribution is -2.22. The average Bonchev–Trinajstić information content (AvgIpc) is 2.77. The zero-order valence-electron chi connectivity index (χ0n) is 11.6. The molecule has 1 fully saturated rings. The van der Waals surface area contributed by atoms with Crippen LogP contribution in [0.15, 0.2) is 12.4 Å². The van der Waals surface area contributed by atoms with Crippen LogP contribution in [0.3, 0.4) is 0 Å². The highest BCUT2D eigenvalue weighted by Crippen LogP contribution is 2.31. The second-order valence-electron chi connectivity index (χ2n) is 5.67. The molecular weight excluding hydrogens is 222 g/mol. The predicted octanol–water partition coefficient (Wildman–Crippen LogP) is 3.65. The van der Waals surface area contributed by atoms with Gasteiger partial charge in [-0.3, -0.25) is 4.68 Å². The van der Waals surface area contributed by atoms with Gasteiger partial charge in [-0.25, -0.2) is 0 Å². The topological polar surface area (TPSA) is 43.8 Å². The van der Waals surface area contributed by atoms with Crippen molar-refractivity contribution in [3.8, 4) is 0 Å². The van der Waals surface area contributed by atoms with E-state index in [9.17, 15) is 0 Å². The minimum atomic E-state index is 0.189. The van der Waals surface area contributed by atoms with Crippen molar-refractivity contribution in [1.29, 1.82) is 0 Å². The van der Waals surface area contributed by atoms with Gasteiger partial charge in [0.05, 0.1) is 6.20 Å². The van der Waals surface area contributed by atoms with E-state index >= 15 is 0 Å². The van der Waals surface area contributed by atoms with Crippen LogP contribution in [0.1, 0.15) is 69.9 Å². The normalized spacial score (nSPS) is 20.3. The molecule has 0 radical (unpaired) electrons. The molecule has 0 aliphatic heterocycles. The summed E-state index contributed by atoms with van der Waals surface area (Å²) in [5.74, 6) is 0.657. The third-order valence-electron chi connectivity index (χ3n) is 4.15. The van der Waals surface area contributed by atoms with Crippen LogP contribution in [0.4, 0.5) is 0 Å². The fourth-order valence-corrected chi connectivity index (χ4v) is 3.02. The van der Waals surface area contributed by atoms with Gasteiger partial charge < -0.3 is 5.73 Å². The first-order valence-electron chi connectivity index (χ1n) is 7.59. The minimum Gasteiger partial charge on any atom is -0.324 e. The summed E-state index contributed by atoms with van der Waals surface area (Å²) in [6, 6.07) is 0.189. The molecule has 1 aromatic rings. The summed E-state index contributed by atoms with van der Waals surface area (Å²) < 4.78 is 2.03. The molecule has 1 aromatic heterocycles. The molecular formula is C15H27N3. The Labute approximate surface area is 111 Å². The minimum absolute atomic E-state index is 0.189. The second-order valence-corrected chi connectivity index (χ2v) is 5.67. The van der Waals surface area contributed by atoms with Crippen LogP contribution in [-0.2, 0) is 6.54 Å². The van der Waals surface area contributed by atoms with Crippen LogP contribution in [0.5, 0.6) is 0 Å². The third kappa shape index (κ3) is 3.58. The van der Waals surface area contributed by atoms with Gasteiger partial charge in [0, 0.05) is 24.3 Å². The number of hydrogen-bond donors (Lipinski definition) is 1. The molecule has 0 spiro atoms. The number of rotatable bonds is 4. The van der Waals surface area contributed by atoms with Crippen LogP contribution >= 0.6 is 0 Å². The van der Waals surface area contributed by atoms with Crippen LogP contribution in [0.2, 0.25) is 0 Å². The van der Waals surface area contributed by atoms with Crippen molar-refractivity contribution in [2.45, 2.75) is 70.9 Å². The molecule has 2 rings (SSSR count). The lowest BCUT2D eigenvalue weighted by atomic mass is 9.84. The Balaban J connectivity index is 1.96. The number of nitrogens with two attached hydrogens (primary N) is 1. The zero-order chi connectivity index (χ0) is 12.8. The Morgan fingerprint density at radius 1 is 1.28 bits per heavy atom. The number of nitrogens with zero attached hydrogens (tertiary/aromatic N) is 2. The van der Waals surface area contributed by atoms with Crippen molar-refractivity contribution >= 4 is 0 Å². The van der Waals surface area contributed by atoms with Gasteiger partial charge >= 0.3 is 0 Å². The van der Waals surface area contributed by atoms with E-state index in [4.69, 9.17) is 5.73 Å². The summed E-state index contributed by atoms with van der Waals surface area (Å²) >= 11 is 0. The fraction of sp³-hybridized carbons (Fsp3) is 0.800. The third-order valence-corrected chi connectivity index (χ3v) is 4.15. The van der Waals surface area contributed by atoms with Gasteiger partial charge in [-0.15, -0.1) is 0 Å². The summed E-state index contributed by atoms with van der Waals surface area (Å²) in [4.78, 5) is 0. The zero-order valence-corrected chi connectivity index (χ0v) is 11.6. The molecule has 1 heterocycles. The predicted molar refractivity (Wildman–Crippen MR) is 75.3 cm³/mol. The van der Waals surface area contributed by atoms with E-state index in [0.29, 0.717) is 5.92 Å². The van der Waals surface area contributed by atoms with Gasteiger partial charge in [0.1, 0.15) is 0 Å². The van der Waals surface area contributed by atoms with Crippen molar-refractivity contribution in [2.24, 2.45) is 11.7 Å². The van der Waals surface area contributed by atoms with E-state index in [1.807, 2.05) is 10.9 Å². The van der Waals surface area contributed by atoms with Gasteiger partial charge in [-0.05, 0) is 25.2 Å². The smallest absolute Gasteiger partial charge is 0.0537 e. The molecule has 2 N–H and O–H groups in total. The van der Waals surface area contributed by atoms with E-state index in [1.54, 1.807) is 0 Å². The molecule has 0 bridgehead atoms. The molecule has 1 atom stereocenters. The number of aromatic nitrogens is 2. The van der Waals surface area contributed by atoms with Crippen LogP contribution in [0.25, 0.3) is 0 Å². The molecule has 0 amide bonds. The molecule has 18 heavy (non-hydrogen) atoms. The van der Waals surface area contributed by atoms with E-state index in [-0.39, 0.29) is 6.04 Å². The fourth-order valence-electron chi connectivity index (χ4n) is 3.02. The van der Waals surface area contributed by atoms with Crippen molar-refractivity contribution in [3.05, 3.63) is 18.0 Å². The standard InChI is InChI=1S/C15H27N3/c1-2-10-18-12-14(11-17-18)15(16)13-8-6-4-3-5-7-9-13/h11-13,15H,2-10,16H2,1H3. The van der Waals surface area contributed by atoms with Crippen molar-refractivity contribution < 1.29 is 0 Å². The SMILES string of the molecule is CCCn1cc(C(N)C2CCCCCCC2)cn1. The van der Waals surface area contributed by atoms with Crippen molar-refractivity contribution in [1.82, 2.24) is 9.78 Å². The van der Waals surface area contributed by atoms with Gasteiger partial charge in [-0.2, -0.15) is 5.10 Å². The monoisotopic (exact) mass is 249 g/mol. The Morgan fingerprint density at radius 3 is 2.61 bits per heavy atom. The molecule has 1 unspecified atom stereocenters. The highest BCUT2D eigenvalue weighted by molar-refractivity contribution is 5.11. The van der Waals surface area contributed by atoms with E-state index in [1.165, 1.54) is 50.5 Å². The Bertz CT molecular complexity index is 337. The number of aryl methyl sites for hydroxylation is 1. The maximum atomic E-state index is 6.45. The second kappa shape index (κ2) is 6.93. The summed E-state index contributed by atoms with van der Waals surface area (Å²) in [7, 11) is 0. The van der Waals surface area contributed by atoms with Crippen molar-refractivity contribution in [2.75, 3.05) is 0 Å². The highest BCUT2D eigenvalue weighted by Gasteiger charge is 2.21. The largest absolute Gasteiger partial charge is 0.324 e. The molecule has 3 heteroatoms. The first-order valence-corrected chi connectivity index (χ1v) is 7.59. The van der Waals surface area contributed by atoms with Crippen LogP contribution < -0.4 is 5.73 Å². The van der Waals surface area contributed by atoms with E-state index in [2.05, 4.69) is 18.2 Å². The maximum absolute atomic E-state index is 6.45. The molecule has 1 aliphatic carbocycles. The number of hydrogen-bond acceptors (Lipinski definition) is 2. The van der Waals surface area contributed by atoms with Crippen LogP contribution in [0, 0.1) is 5.92 Å². The maximum Gasteiger partial charge on any atom is 0.0537 e. The molecule has 102 valence electrons. The molecule has 0 saturated heterocycles. The Hall–Kier alpha value is -0.830. The first kappa shape index (κ1) is 13.6. The quantitative estimate of drug-likeness (QED) is 0.885. The molecule has 1 saturated carbocycles. The lowest BCUT2D eigenvalue weighted by molar-refractivity contribution is 0.327. The molecule has 3 nitrogen and oxygen atoms in total. The van der Waals surface area contributed by atoms with E-state index < -0.39 is 0 Å². The summed E-state index contributed by atoms with van der Waals surface area (Å²) in [6.45, 7) is 3.17.